The van der Waals surface area contributed by atoms with Gasteiger partial charge in [0.05, 0.1) is 6.61 Å². The number of hydrogen-bond donors (Lipinski definition) is 2. The molecule has 1 saturated heterocycles. The van der Waals surface area contributed by atoms with Crippen molar-refractivity contribution in [2.24, 2.45) is 16.8 Å². The van der Waals surface area contributed by atoms with Crippen molar-refractivity contribution in [3.05, 3.63) is 0 Å². The first-order valence-electron chi connectivity index (χ1n) is 9.84. The monoisotopic (exact) mass is 368 g/mol. The smallest absolute Gasteiger partial charge is 0.243 e. The summed E-state index contributed by atoms with van der Waals surface area (Å²) in [7, 11) is 3.47. The maximum Gasteiger partial charge on any atom is 0.243 e. The molecule has 7 nitrogen and oxygen atoms in total. The summed E-state index contributed by atoms with van der Waals surface area (Å²) in [6, 6.07) is 0. The van der Waals surface area contributed by atoms with Gasteiger partial charge in [0.2, 0.25) is 5.91 Å². The molecule has 1 unspecified atom stereocenters. The molecular formula is C19H36N4O3. The van der Waals surface area contributed by atoms with Crippen LogP contribution in [-0.2, 0) is 14.3 Å². The summed E-state index contributed by atoms with van der Waals surface area (Å²) in [5.41, 5.74) is 0. The average molecular weight is 369 g/mol. The molecule has 1 heterocycles. The van der Waals surface area contributed by atoms with E-state index in [0.29, 0.717) is 25.0 Å². The molecule has 2 aliphatic rings. The Morgan fingerprint density at radius 3 is 2.58 bits per heavy atom. The van der Waals surface area contributed by atoms with Crippen molar-refractivity contribution < 1.29 is 14.3 Å². The number of carbonyl (C=O) groups is 1. The number of carbonyl (C=O) groups excluding carboxylic acids is 1. The van der Waals surface area contributed by atoms with Gasteiger partial charge >= 0.3 is 0 Å². The lowest BCUT2D eigenvalue weighted by molar-refractivity contribution is -0.191. The number of likely N-dealkylation sites (N-methyl/N-ethyl adjacent to an activating group) is 1. The van der Waals surface area contributed by atoms with Crippen molar-refractivity contribution in [3.63, 3.8) is 0 Å². The van der Waals surface area contributed by atoms with Gasteiger partial charge in [0.15, 0.2) is 11.7 Å². The first-order chi connectivity index (χ1) is 12.3. The fourth-order valence-corrected chi connectivity index (χ4v) is 3.16. The van der Waals surface area contributed by atoms with Crippen LogP contribution < -0.4 is 10.6 Å². The molecule has 2 fully saturated rings. The molecule has 150 valence electrons. The number of nitrogens with one attached hydrogen (secondary N) is 2. The van der Waals surface area contributed by atoms with Gasteiger partial charge in [0.25, 0.3) is 0 Å². The molecule has 26 heavy (non-hydrogen) atoms. The molecule has 7 heteroatoms. The zero-order valence-electron chi connectivity index (χ0n) is 17.0. The molecule has 1 aliphatic heterocycles. The number of aliphatic imine (C=N–C) groups is 1. The largest absolute Gasteiger partial charge is 0.356 e. The fourth-order valence-electron chi connectivity index (χ4n) is 3.16. The third-order valence-electron chi connectivity index (χ3n) is 5.00. The lowest BCUT2D eigenvalue weighted by atomic mass is 9.86. The summed E-state index contributed by atoms with van der Waals surface area (Å²) in [5.74, 6) is 1.51. The van der Waals surface area contributed by atoms with Crippen molar-refractivity contribution in [3.8, 4) is 0 Å². The summed E-state index contributed by atoms with van der Waals surface area (Å²) in [4.78, 5) is 17.7. The van der Waals surface area contributed by atoms with Crippen LogP contribution in [0, 0.1) is 11.8 Å². The van der Waals surface area contributed by atoms with Crippen molar-refractivity contribution in [2.75, 3.05) is 40.3 Å². The van der Waals surface area contributed by atoms with E-state index in [9.17, 15) is 4.79 Å². The Labute approximate surface area is 157 Å². The van der Waals surface area contributed by atoms with E-state index < -0.39 is 0 Å². The van der Waals surface area contributed by atoms with Crippen LogP contribution >= 0.6 is 0 Å². The number of rotatable bonds is 6. The van der Waals surface area contributed by atoms with E-state index in [-0.39, 0.29) is 24.3 Å². The molecule has 1 amide bonds. The van der Waals surface area contributed by atoms with Gasteiger partial charge in [0, 0.05) is 40.0 Å². The van der Waals surface area contributed by atoms with Crippen LogP contribution in [0.4, 0.5) is 0 Å². The molecule has 1 spiro atoms. The van der Waals surface area contributed by atoms with E-state index in [1.807, 2.05) is 0 Å². The van der Waals surface area contributed by atoms with Crippen LogP contribution in [-0.4, -0.2) is 69.0 Å². The predicted octanol–water partition coefficient (Wildman–Crippen LogP) is 1.59. The second kappa shape index (κ2) is 9.55. The van der Waals surface area contributed by atoms with Gasteiger partial charge in [-0.05, 0) is 24.7 Å². The predicted molar refractivity (Wildman–Crippen MR) is 103 cm³/mol. The van der Waals surface area contributed by atoms with Crippen molar-refractivity contribution >= 4 is 11.9 Å². The molecule has 0 aromatic heterocycles. The van der Waals surface area contributed by atoms with Crippen molar-refractivity contribution in [1.29, 1.82) is 0 Å². The summed E-state index contributed by atoms with van der Waals surface area (Å²) in [6.45, 7) is 8.72. The summed E-state index contributed by atoms with van der Waals surface area (Å²) >= 11 is 0. The minimum Gasteiger partial charge on any atom is -0.356 e. The molecular weight excluding hydrogens is 332 g/mol. The van der Waals surface area contributed by atoms with Gasteiger partial charge in [0.1, 0.15) is 12.6 Å². The molecule has 1 aliphatic carbocycles. The van der Waals surface area contributed by atoms with E-state index in [2.05, 4.69) is 36.4 Å². The second-order valence-corrected chi connectivity index (χ2v) is 8.25. The molecule has 0 aromatic carbocycles. The quantitative estimate of drug-likeness (QED) is 0.550. The number of hydrogen-bond acceptors (Lipinski definition) is 4. The normalized spacial score (nSPS) is 29.2. The van der Waals surface area contributed by atoms with Gasteiger partial charge in [-0.2, -0.15) is 0 Å². The van der Waals surface area contributed by atoms with Gasteiger partial charge in [-0.15, -0.1) is 0 Å². The third kappa shape index (κ3) is 6.43. The highest BCUT2D eigenvalue weighted by molar-refractivity contribution is 5.84. The Kier molecular flexibility index (Phi) is 7.70. The third-order valence-corrected chi connectivity index (χ3v) is 5.00. The van der Waals surface area contributed by atoms with E-state index in [0.717, 1.165) is 38.1 Å². The van der Waals surface area contributed by atoms with Crippen LogP contribution in [0.1, 0.15) is 46.5 Å². The van der Waals surface area contributed by atoms with E-state index in [4.69, 9.17) is 9.47 Å². The van der Waals surface area contributed by atoms with Gasteiger partial charge in [-0.3, -0.25) is 4.79 Å². The Morgan fingerprint density at radius 2 is 1.96 bits per heavy atom. The second-order valence-electron chi connectivity index (χ2n) is 8.25. The van der Waals surface area contributed by atoms with Crippen LogP contribution in [0.25, 0.3) is 0 Å². The summed E-state index contributed by atoms with van der Waals surface area (Å²) in [5, 5.41) is 6.59. The molecule has 0 aromatic rings. The van der Waals surface area contributed by atoms with Crippen LogP contribution in [0.5, 0.6) is 0 Å². The minimum atomic E-state index is -0.373. The summed E-state index contributed by atoms with van der Waals surface area (Å²) in [6.07, 6.45) is 4.30. The molecule has 2 N–H and O–H groups in total. The summed E-state index contributed by atoms with van der Waals surface area (Å²) < 4.78 is 12.3. The molecule has 1 atom stereocenters. The van der Waals surface area contributed by atoms with E-state index in [1.165, 1.54) is 0 Å². The van der Waals surface area contributed by atoms with Gasteiger partial charge < -0.3 is 25.0 Å². The Balaban J connectivity index is 1.84. The lowest BCUT2D eigenvalue weighted by Crippen LogP contribution is -2.44. The highest BCUT2D eigenvalue weighted by atomic mass is 16.7. The first kappa shape index (κ1) is 21.0. The van der Waals surface area contributed by atoms with Crippen LogP contribution in [0.2, 0.25) is 0 Å². The SMILES string of the molecule is CC(C)CNC(=NCC(=O)N(C)C)NCC1COC2(CCC(C)CC2)O1. The topological polar surface area (TPSA) is 75.2 Å². The molecule has 0 radical (unpaired) electrons. The maximum absolute atomic E-state index is 11.8. The highest BCUT2D eigenvalue weighted by Gasteiger charge is 2.43. The van der Waals surface area contributed by atoms with Crippen molar-refractivity contribution in [2.45, 2.75) is 58.3 Å². The minimum absolute atomic E-state index is 0.0130. The standard InChI is InChI=1S/C19H36N4O3/c1-14(2)10-20-18(22-12-17(24)23(4)5)21-11-16-13-25-19(26-16)8-6-15(3)7-9-19/h14-16H,6-13H2,1-5H3,(H2,20,21,22). The van der Waals surface area contributed by atoms with E-state index in [1.54, 1.807) is 19.0 Å². The lowest BCUT2D eigenvalue weighted by Gasteiger charge is -2.34. The molecule has 1 saturated carbocycles. The van der Waals surface area contributed by atoms with Crippen LogP contribution in [0.15, 0.2) is 4.99 Å². The average Bonchev–Trinajstić information content (AvgIpc) is 2.99. The number of nitrogens with zero attached hydrogens (tertiary/aromatic N) is 2. The zero-order chi connectivity index (χ0) is 19.2. The molecule has 0 bridgehead atoms. The van der Waals surface area contributed by atoms with Crippen molar-refractivity contribution in [1.82, 2.24) is 15.5 Å². The zero-order valence-corrected chi connectivity index (χ0v) is 17.0. The Bertz CT molecular complexity index is 485. The molecule has 2 rings (SSSR count). The number of ether oxygens (including phenoxy) is 2. The van der Waals surface area contributed by atoms with Crippen LogP contribution in [0.3, 0.4) is 0 Å². The van der Waals surface area contributed by atoms with Gasteiger partial charge in [-0.1, -0.05) is 20.8 Å². The fraction of sp³-hybridized carbons (Fsp3) is 0.895. The Morgan fingerprint density at radius 1 is 1.27 bits per heavy atom. The van der Waals surface area contributed by atoms with Gasteiger partial charge in [-0.25, -0.2) is 4.99 Å². The number of guanidine groups is 1. The first-order valence-corrected chi connectivity index (χ1v) is 9.84. The number of amides is 1. The highest BCUT2D eigenvalue weighted by Crippen LogP contribution is 2.39. The van der Waals surface area contributed by atoms with E-state index >= 15 is 0 Å². The Hall–Kier alpha value is -1.34. The maximum atomic E-state index is 11.8.